The lowest BCUT2D eigenvalue weighted by Crippen LogP contribution is -2.37. The predicted molar refractivity (Wildman–Crippen MR) is 100 cm³/mol. The van der Waals surface area contributed by atoms with Gasteiger partial charge >= 0.3 is 0 Å². The summed E-state index contributed by atoms with van der Waals surface area (Å²) < 4.78 is 5.14. The summed E-state index contributed by atoms with van der Waals surface area (Å²) in [6.07, 6.45) is 0. The Hall–Kier alpha value is -3.31. The van der Waals surface area contributed by atoms with E-state index in [0.717, 1.165) is 22.1 Å². The number of hydrazine groups is 1. The van der Waals surface area contributed by atoms with E-state index in [1.807, 2.05) is 54.6 Å². The van der Waals surface area contributed by atoms with Crippen molar-refractivity contribution in [2.75, 3.05) is 17.4 Å². The van der Waals surface area contributed by atoms with Crippen LogP contribution in [0, 0.1) is 0 Å². The van der Waals surface area contributed by atoms with Gasteiger partial charge in [-0.25, -0.2) is 10.9 Å². The Labute approximate surface area is 146 Å². The third kappa shape index (κ3) is 3.97. The number of nitrogens with one attached hydrogen (secondary N) is 1. The number of rotatable bonds is 5. The number of ether oxygens (including phenoxy) is 1. The maximum Gasteiger partial charge on any atom is 0.272 e. The highest BCUT2D eigenvalue weighted by Gasteiger charge is 2.13. The summed E-state index contributed by atoms with van der Waals surface area (Å²) in [6.45, 7) is 0. The average molecular weight is 333 g/mol. The van der Waals surface area contributed by atoms with Crippen molar-refractivity contribution in [1.29, 1.82) is 0 Å². The van der Waals surface area contributed by atoms with Crippen LogP contribution in [-0.4, -0.2) is 13.0 Å². The molecule has 0 fully saturated rings. The van der Waals surface area contributed by atoms with Crippen LogP contribution in [0.15, 0.2) is 78.9 Å². The van der Waals surface area contributed by atoms with Crippen LogP contribution < -0.4 is 20.9 Å². The third-order valence-corrected chi connectivity index (χ3v) is 3.76. The first-order valence-electron chi connectivity index (χ1n) is 7.83. The van der Waals surface area contributed by atoms with Crippen molar-refractivity contribution in [3.63, 3.8) is 0 Å². The monoisotopic (exact) mass is 333 g/mol. The van der Waals surface area contributed by atoms with E-state index in [4.69, 9.17) is 10.6 Å². The topological polar surface area (TPSA) is 67.6 Å². The molecule has 0 aliphatic heterocycles. The van der Waals surface area contributed by atoms with Crippen LogP contribution >= 0.6 is 0 Å². The van der Waals surface area contributed by atoms with Crippen molar-refractivity contribution in [3.8, 4) is 5.75 Å². The van der Waals surface area contributed by atoms with E-state index >= 15 is 0 Å². The molecule has 0 aliphatic rings. The fourth-order valence-electron chi connectivity index (χ4n) is 2.38. The summed E-state index contributed by atoms with van der Waals surface area (Å²) in [7, 11) is 1.64. The molecule has 0 spiro atoms. The molecule has 5 heteroatoms. The van der Waals surface area contributed by atoms with Gasteiger partial charge in [-0.2, -0.15) is 0 Å². The average Bonchev–Trinajstić information content (AvgIpc) is 2.69. The Balaban J connectivity index is 1.69. The number of amides is 1. The van der Waals surface area contributed by atoms with Crippen LogP contribution in [0.4, 0.5) is 17.1 Å². The van der Waals surface area contributed by atoms with Crippen LogP contribution in [0.1, 0.15) is 10.4 Å². The fraction of sp³-hybridized carbons (Fsp3) is 0.0500. The lowest BCUT2D eigenvalue weighted by molar-refractivity contribution is 0.0987. The molecule has 5 nitrogen and oxygen atoms in total. The maximum atomic E-state index is 12.4. The molecular weight excluding hydrogens is 314 g/mol. The quantitative estimate of drug-likeness (QED) is 0.421. The molecule has 0 bridgehead atoms. The summed E-state index contributed by atoms with van der Waals surface area (Å²) in [5.74, 6) is 6.51. The minimum absolute atomic E-state index is 0.253. The van der Waals surface area contributed by atoms with Gasteiger partial charge in [0, 0.05) is 16.9 Å². The Morgan fingerprint density at radius 1 is 0.880 bits per heavy atom. The zero-order valence-electron chi connectivity index (χ0n) is 13.8. The van der Waals surface area contributed by atoms with Gasteiger partial charge in [0.05, 0.1) is 12.8 Å². The first kappa shape index (κ1) is 16.5. The van der Waals surface area contributed by atoms with Gasteiger partial charge in [-0.1, -0.05) is 18.2 Å². The van der Waals surface area contributed by atoms with Crippen LogP contribution in [0.3, 0.4) is 0 Å². The van der Waals surface area contributed by atoms with E-state index in [0.29, 0.717) is 11.3 Å². The van der Waals surface area contributed by atoms with Gasteiger partial charge in [-0.05, 0) is 60.7 Å². The molecular formula is C20H19N3O2. The van der Waals surface area contributed by atoms with Gasteiger partial charge in [-0.15, -0.1) is 0 Å². The lowest BCUT2D eigenvalue weighted by Gasteiger charge is -2.17. The van der Waals surface area contributed by atoms with E-state index in [-0.39, 0.29) is 5.91 Å². The largest absolute Gasteiger partial charge is 0.497 e. The second-order valence-electron chi connectivity index (χ2n) is 5.44. The molecule has 0 aromatic heterocycles. The summed E-state index contributed by atoms with van der Waals surface area (Å²) in [6, 6.07) is 23.9. The third-order valence-electron chi connectivity index (χ3n) is 3.76. The Bertz CT molecular complexity index is 831. The highest BCUT2D eigenvalue weighted by Crippen LogP contribution is 2.22. The normalized spacial score (nSPS) is 10.2. The Morgan fingerprint density at radius 3 is 2.00 bits per heavy atom. The Morgan fingerprint density at radius 2 is 1.44 bits per heavy atom. The van der Waals surface area contributed by atoms with Crippen molar-refractivity contribution in [1.82, 2.24) is 0 Å². The number of benzene rings is 3. The molecule has 0 saturated carbocycles. The van der Waals surface area contributed by atoms with Crippen LogP contribution in [0.5, 0.6) is 5.75 Å². The fourth-order valence-corrected chi connectivity index (χ4v) is 2.38. The van der Waals surface area contributed by atoms with Crippen molar-refractivity contribution < 1.29 is 9.53 Å². The second kappa shape index (κ2) is 7.51. The smallest absolute Gasteiger partial charge is 0.272 e. The van der Waals surface area contributed by atoms with E-state index in [1.165, 1.54) is 0 Å². The summed E-state index contributed by atoms with van der Waals surface area (Å²) in [5, 5.41) is 4.43. The van der Waals surface area contributed by atoms with Crippen molar-refractivity contribution >= 4 is 23.0 Å². The zero-order chi connectivity index (χ0) is 17.6. The first-order chi connectivity index (χ1) is 12.2. The highest BCUT2D eigenvalue weighted by atomic mass is 16.5. The number of methoxy groups -OCH3 is 1. The Kier molecular flexibility index (Phi) is 4.97. The van der Waals surface area contributed by atoms with Gasteiger partial charge < -0.3 is 10.1 Å². The van der Waals surface area contributed by atoms with Crippen LogP contribution in [-0.2, 0) is 0 Å². The summed E-state index contributed by atoms with van der Waals surface area (Å²) >= 11 is 0. The van der Waals surface area contributed by atoms with Crippen molar-refractivity contribution in [2.45, 2.75) is 0 Å². The molecule has 0 saturated heterocycles. The van der Waals surface area contributed by atoms with E-state index in [2.05, 4.69) is 5.32 Å². The molecule has 3 aromatic carbocycles. The number of nitrogens with two attached hydrogens (primary N) is 1. The van der Waals surface area contributed by atoms with Crippen molar-refractivity contribution in [2.24, 2.45) is 5.84 Å². The van der Waals surface area contributed by atoms with Crippen LogP contribution in [0.25, 0.3) is 0 Å². The number of carbonyl (C=O) groups is 1. The molecule has 0 aliphatic carbocycles. The van der Waals surface area contributed by atoms with Gasteiger partial charge in [0.15, 0.2) is 0 Å². The van der Waals surface area contributed by atoms with Gasteiger partial charge in [-0.3, -0.25) is 4.79 Å². The molecule has 3 aromatic rings. The van der Waals surface area contributed by atoms with Crippen LogP contribution in [0.2, 0.25) is 0 Å². The standard InChI is InChI=1S/C20H19N3O2/c1-25-19-13-9-17(10-14-19)22-16-7-11-18(12-8-16)23(21)20(24)15-5-3-2-4-6-15/h2-14,22H,21H2,1H3. The molecule has 1 amide bonds. The number of hydrogen-bond donors (Lipinski definition) is 2. The molecule has 3 rings (SSSR count). The van der Waals surface area contributed by atoms with Gasteiger partial charge in [0.25, 0.3) is 5.91 Å². The first-order valence-corrected chi connectivity index (χ1v) is 7.83. The minimum atomic E-state index is -0.253. The van der Waals surface area contributed by atoms with E-state index in [9.17, 15) is 4.79 Å². The molecule has 3 N–H and O–H groups in total. The van der Waals surface area contributed by atoms with Crippen molar-refractivity contribution in [3.05, 3.63) is 84.4 Å². The number of nitrogens with zero attached hydrogens (tertiary/aromatic N) is 1. The van der Waals surface area contributed by atoms with E-state index in [1.54, 1.807) is 31.4 Å². The molecule has 25 heavy (non-hydrogen) atoms. The molecule has 0 unspecified atom stereocenters. The molecule has 126 valence electrons. The van der Waals surface area contributed by atoms with E-state index < -0.39 is 0 Å². The number of hydrogen-bond acceptors (Lipinski definition) is 4. The summed E-state index contributed by atoms with van der Waals surface area (Å²) in [5.41, 5.74) is 3.01. The second-order valence-corrected chi connectivity index (χ2v) is 5.44. The van der Waals surface area contributed by atoms with Gasteiger partial charge in [0.1, 0.15) is 5.75 Å². The molecule has 0 radical (unpaired) electrons. The van der Waals surface area contributed by atoms with Gasteiger partial charge in [0.2, 0.25) is 0 Å². The maximum absolute atomic E-state index is 12.4. The highest BCUT2D eigenvalue weighted by molar-refractivity contribution is 6.05. The summed E-state index contributed by atoms with van der Waals surface area (Å²) in [4.78, 5) is 12.4. The zero-order valence-corrected chi connectivity index (χ0v) is 13.8. The minimum Gasteiger partial charge on any atom is -0.497 e. The number of carbonyl (C=O) groups excluding carboxylic acids is 1. The molecule has 0 atom stereocenters. The lowest BCUT2D eigenvalue weighted by atomic mass is 10.2. The predicted octanol–water partition coefficient (Wildman–Crippen LogP) is 3.96. The molecule has 0 heterocycles. The SMILES string of the molecule is COc1ccc(Nc2ccc(N(N)C(=O)c3ccccc3)cc2)cc1. The number of anilines is 3.